The quantitative estimate of drug-likeness (QED) is 0.585. The lowest BCUT2D eigenvalue weighted by Gasteiger charge is -2.07. The summed E-state index contributed by atoms with van der Waals surface area (Å²) in [4.78, 5) is 12.4. The van der Waals surface area contributed by atoms with Crippen LogP contribution in [0.3, 0.4) is 0 Å². The fraction of sp³-hybridized carbons (Fsp3) is 0. The van der Waals surface area contributed by atoms with Gasteiger partial charge in [0.05, 0.1) is 17.1 Å². The third-order valence-electron chi connectivity index (χ3n) is 3.71. The van der Waals surface area contributed by atoms with Crippen LogP contribution >= 0.6 is 11.6 Å². The molecule has 2 aromatic carbocycles. The van der Waals surface area contributed by atoms with Gasteiger partial charge < -0.3 is 5.32 Å². The molecular weight excluding hydrogens is 373 g/mol. The van der Waals surface area contributed by atoms with E-state index in [2.05, 4.69) is 25.9 Å². The number of aromatic nitrogens is 6. The third kappa shape index (κ3) is 3.53. The normalized spacial score (nSPS) is 10.7. The van der Waals surface area contributed by atoms with E-state index in [0.29, 0.717) is 16.4 Å². The maximum Gasteiger partial charge on any atom is 0.276 e. The molecule has 1 N–H and O–H groups in total. The van der Waals surface area contributed by atoms with E-state index in [9.17, 15) is 9.18 Å². The number of carbonyl (C=O) groups is 1. The number of anilines is 1. The fourth-order valence-corrected chi connectivity index (χ4v) is 2.61. The number of hydrogen-bond donors (Lipinski definition) is 1. The van der Waals surface area contributed by atoms with E-state index in [1.807, 2.05) is 0 Å². The SMILES string of the molecule is O=C(Nc1cc(-n2cnnn2)ccc1F)c1ccn(-c2cccc(Cl)c2)n1. The molecule has 134 valence electrons. The molecule has 0 aliphatic carbocycles. The average molecular weight is 384 g/mol. The zero-order chi connectivity index (χ0) is 18.8. The molecule has 0 saturated carbocycles. The monoisotopic (exact) mass is 383 g/mol. The lowest BCUT2D eigenvalue weighted by atomic mass is 10.2. The summed E-state index contributed by atoms with van der Waals surface area (Å²) in [5, 5.41) is 18.0. The summed E-state index contributed by atoms with van der Waals surface area (Å²) in [6.45, 7) is 0. The second-order valence-electron chi connectivity index (χ2n) is 5.50. The lowest BCUT2D eigenvalue weighted by molar-refractivity contribution is 0.102. The van der Waals surface area contributed by atoms with Crippen LogP contribution in [0.25, 0.3) is 11.4 Å². The molecule has 0 radical (unpaired) electrons. The van der Waals surface area contributed by atoms with Gasteiger partial charge in [-0.25, -0.2) is 13.8 Å². The maximum atomic E-state index is 14.1. The number of nitrogens with one attached hydrogen (secondary N) is 1. The van der Waals surface area contributed by atoms with Crippen molar-refractivity contribution in [3.8, 4) is 11.4 Å². The van der Waals surface area contributed by atoms with Crippen LogP contribution in [0.4, 0.5) is 10.1 Å². The van der Waals surface area contributed by atoms with Crippen molar-refractivity contribution in [2.24, 2.45) is 0 Å². The number of tetrazole rings is 1. The van der Waals surface area contributed by atoms with Crippen LogP contribution in [0, 0.1) is 5.82 Å². The van der Waals surface area contributed by atoms with E-state index in [4.69, 9.17) is 11.6 Å². The van der Waals surface area contributed by atoms with Gasteiger partial charge in [-0.2, -0.15) is 5.10 Å². The highest BCUT2D eigenvalue weighted by Gasteiger charge is 2.14. The third-order valence-corrected chi connectivity index (χ3v) is 3.94. The van der Waals surface area contributed by atoms with Crippen LogP contribution in [0.5, 0.6) is 0 Å². The maximum absolute atomic E-state index is 14.1. The molecule has 0 aliphatic heterocycles. The summed E-state index contributed by atoms with van der Waals surface area (Å²) in [6.07, 6.45) is 2.99. The van der Waals surface area contributed by atoms with Crippen molar-refractivity contribution >= 4 is 23.2 Å². The highest BCUT2D eigenvalue weighted by molar-refractivity contribution is 6.30. The number of nitrogens with zero attached hydrogens (tertiary/aromatic N) is 6. The minimum absolute atomic E-state index is 0.00898. The van der Waals surface area contributed by atoms with Gasteiger partial charge in [-0.05, 0) is 52.9 Å². The van der Waals surface area contributed by atoms with Gasteiger partial charge in [0, 0.05) is 11.2 Å². The molecule has 0 fully saturated rings. The summed E-state index contributed by atoms with van der Waals surface area (Å²) in [5.41, 5.74) is 1.32. The standard InChI is InChI=1S/C17H11ClFN7O/c18-11-2-1-3-12(8-11)25-7-6-15(22-25)17(27)21-16-9-13(4-5-14(16)19)26-10-20-23-24-26/h1-10H,(H,21,27). The second-order valence-corrected chi connectivity index (χ2v) is 5.93. The number of carbonyl (C=O) groups excluding carboxylic acids is 1. The van der Waals surface area contributed by atoms with Crippen molar-refractivity contribution in [3.05, 3.63) is 77.6 Å². The Morgan fingerprint density at radius 3 is 2.70 bits per heavy atom. The molecule has 2 heterocycles. The average Bonchev–Trinajstić information content (AvgIpc) is 3.36. The molecule has 4 aromatic rings. The summed E-state index contributed by atoms with van der Waals surface area (Å²) in [5.74, 6) is -1.14. The molecule has 0 unspecified atom stereocenters. The molecule has 0 atom stereocenters. The van der Waals surface area contributed by atoms with Gasteiger partial charge in [0.1, 0.15) is 12.1 Å². The van der Waals surface area contributed by atoms with Gasteiger partial charge in [-0.15, -0.1) is 5.10 Å². The van der Waals surface area contributed by atoms with E-state index in [1.165, 1.54) is 40.0 Å². The van der Waals surface area contributed by atoms with Crippen LogP contribution in [0.1, 0.15) is 10.5 Å². The molecule has 2 aromatic heterocycles. The molecule has 0 aliphatic rings. The van der Waals surface area contributed by atoms with E-state index < -0.39 is 11.7 Å². The van der Waals surface area contributed by atoms with Crippen molar-refractivity contribution in [2.75, 3.05) is 5.32 Å². The Bertz CT molecular complexity index is 1110. The highest BCUT2D eigenvalue weighted by atomic mass is 35.5. The topological polar surface area (TPSA) is 90.5 Å². The number of halogens is 2. The van der Waals surface area contributed by atoms with Gasteiger partial charge in [0.25, 0.3) is 5.91 Å². The van der Waals surface area contributed by atoms with E-state index in [0.717, 1.165) is 0 Å². The van der Waals surface area contributed by atoms with Crippen LogP contribution in [0.15, 0.2) is 61.1 Å². The Balaban J connectivity index is 1.57. The molecule has 1 amide bonds. The van der Waals surface area contributed by atoms with Crippen LogP contribution in [-0.2, 0) is 0 Å². The Kier molecular flexibility index (Phi) is 4.35. The summed E-state index contributed by atoms with van der Waals surface area (Å²) < 4.78 is 16.9. The molecule has 8 nitrogen and oxygen atoms in total. The number of hydrogen-bond acceptors (Lipinski definition) is 5. The Morgan fingerprint density at radius 2 is 1.93 bits per heavy atom. The summed E-state index contributed by atoms with van der Waals surface area (Å²) >= 11 is 5.97. The van der Waals surface area contributed by atoms with Crippen LogP contribution in [0.2, 0.25) is 5.02 Å². The van der Waals surface area contributed by atoms with Crippen LogP contribution in [-0.4, -0.2) is 35.9 Å². The van der Waals surface area contributed by atoms with Gasteiger partial charge in [0.2, 0.25) is 0 Å². The zero-order valence-electron chi connectivity index (χ0n) is 13.6. The predicted molar refractivity (Wildman–Crippen MR) is 95.6 cm³/mol. The van der Waals surface area contributed by atoms with Gasteiger partial charge in [0.15, 0.2) is 5.69 Å². The number of benzene rings is 2. The Morgan fingerprint density at radius 1 is 1.07 bits per heavy atom. The highest BCUT2D eigenvalue weighted by Crippen LogP contribution is 2.19. The number of amides is 1. The molecule has 27 heavy (non-hydrogen) atoms. The first-order chi connectivity index (χ1) is 13.1. The van der Waals surface area contributed by atoms with Crippen LogP contribution < -0.4 is 5.32 Å². The fourth-order valence-electron chi connectivity index (χ4n) is 2.42. The van der Waals surface area contributed by atoms with Gasteiger partial charge in [-0.3, -0.25) is 4.79 Å². The number of rotatable bonds is 4. The van der Waals surface area contributed by atoms with Gasteiger partial charge >= 0.3 is 0 Å². The van der Waals surface area contributed by atoms with E-state index in [1.54, 1.807) is 30.5 Å². The predicted octanol–water partition coefficient (Wildman–Crippen LogP) is 2.89. The van der Waals surface area contributed by atoms with Crippen molar-refractivity contribution in [1.29, 1.82) is 0 Å². The molecule has 4 rings (SSSR count). The molecule has 0 saturated heterocycles. The summed E-state index contributed by atoms with van der Waals surface area (Å²) in [7, 11) is 0. The smallest absolute Gasteiger partial charge is 0.276 e. The van der Waals surface area contributed by atoms with Crippen molar-refractivity contribution < 1.29 is 9.18 Å². The Hall–Kier alpha value is -3.59. The lowest BCUT2D eigenvalue weighted by Crippen LogP contribution is -2.14. The van der Waals surface area contributed by atoms with Crippen molar-refractivity contribution in [1.82, 2.24) is 30.0 Å². The summed E-state index contributed by atoms with van der Waals surface area (Å²) in [6, 6.07) is 12.7. The minimum Gasteiger partial charge on any atom is -0.318 e. The first-order valence-electron chi connectivity index (χ1n) is 7.76. The first-order valence-corrected chi connectivity index (χ1v) is 8.14. The first kappa shape index (κ1) is 16.9. The second kappa shape index (κ2) is 6.96. The molecule has 10 heteroatoms. The molecule has 0 bridgehead atoms. The van der Waals surface area contributed by atoms with E-state index in [-0.39, 0.29) is 11.4 Å². The van der Waals surface area contributed by atoms with Crippen molar-refractivity contribution in [2.45, 2.75) is 0 Å². The molecule has 0 spiro atoms. The molecular formula is C17H11ClFN7O. The van der Waals surface area contributed by atoms with Crippen molar-refractivity contribution in [3.63, 3.8) is 0 Å². The zero-order valence-corrected chi connectivity index (χ0v) is 14.4. The van der Waals surface area contributed by atoms with E-state index >= 15 is 0 Å². The van der Waals surface area contributed by atoms with Gasteiger partial charge in [-0.1, -0.05) is 17.7 Å². The largest absolute Gasteiger partial charge is 0.318 e. The Labute approximate surface area is 157 Å². The minimum atomic E-state index is -0.588.